The third-order valence-electron chi connectivity index (χ3n) is 1.25. The summed E-state index contributed by atoms with van der Waals surface area (Å²) >= 11 is 1.93. The summed E-state index contributed by atoms with van der Waals surface area (Å²) in [6.45, 7) is 0. The van der Waals surface area contributed by atoms with E-state index in [1.165, 1.54) is 4.68 Å². The number of carbonyl (C=O) groups is 1. The molecule has 0 aliphatic heterocycles. The number of halogens is 1. The van der Waals surface area contributed by atoms with Crippen LogP contribution in [0.4, 0.5) is 5.82 Å². The average Bonchev–Trinajstić information content (AvgIpc) is 2.07. The number of hydrogen-bond acceptors (Lipinski definition) is 3. The summed E-state index contributed by atoms with van der Waals surface area (Å²) in [4.78, 5) is 10.8. The zero-order valence-electron chi connectivity index (χ0n) is 5.84. The van der Waals surface area contributed by atoms with Gasteiger partial charge in [-0.2, -0.15) is 5.10 Å². The lowest BCUT2D eigenvalue weighted by Gasteiger charge is -1.94. The van der Waals surface area contributed by atoms with Gasteiger partial charge in [0.05, 0.1) is 3.57 Å². The fourth-order valence-electron chi connectivity index (χ4n) is 0.787. The molecule has 6 heteroatoms. The van der Waals surface area contributed by atoms with Gasteiger partial charge in [0.25, 0.3) is 5.91 Å². The first-order valence-corrected chi connectivity index (χ1v) is 3.89. The molecule has 0 bridgehead atoms. The van der Waals surface area contributed by atoms with E-state index in [0.717, 1.165) is 0 Å². The van der Waals surface area contributed by atoms with Gasteiger partial charge in [-0.15, -0.1) is 0 Å². The molecule has 1 aromatic heterocycles. The number of primary amides is 1. The second-order valence-electron chi connectivity index (χ2n) is 2.04. The van der Waals surface area contributed by atoms with Crippen molar-refractivity contribution in [2.24, 2.45) is 12.8 Å². The highest BCUT2D eigenvalue weighted by molar-refractivity contribution is 14.1. The second kappa shape index (κ2) is 2.68. The zero-order chi connectivity index (χ0) is 8.59. The second-order valence-corrected chi connectivity index (χ2v) is 3.11. The molecule has 0 saturated heterocycles. The van der Waals surface area contributed by atoms with Crippen LogP contribution in [0.3, 0.4) is 0 Å². The molecule has 0 aromatic carbocycles. The Morgan fingerprint density at radius 1 is 1.73 bits per heavy atom. The van der Waals surface area contributed by atoms with E-state index in [9.17, 15) is 4.79 Å². The number of amides is 1. The van der Waals surface area contributed by atoms with Gasteiger partial charge < -0.3 is 11.5 Å². The predicted octanol–water partition coefficient (Wildman–Crippen LogP) is -0.294. The van der Waals surface area contributed by atoms with Crippen molar-refractivity contribution in [3.8, 4) is 0 Å². The molecule has 60 valence electrons. The van der Waals surface area contributed by atoms with E-state index in [1.54, 1.807) is 7.05 Å². The highest BCUT2D eigenvalue weighted by Crippen LogP contribution is 2.16. The Morgan fingerprint density at radius 2 is 2.27 bits per heavy atom. The van der Waals surface area contributed by atoms with Crippen molar-refractivity contribution in [2.45, 2.75) is 0 Å². The van der Waals surface area contributed by atoms with E-state index in [1.807, 2.05) is 22.6 Å². The Labute approximate surface area is 76.9 Å². The molecule has 0 radical (unpaired) electrons. The van der Waals surface area contributed by atoms with Crippen LogP contribution in [-0.2, 0) is 7.05 Å². The molecule has 0 unspecified atom stereocenters. The van der Waals surface area contributed by atoms with E-state index >= 15 is 0 Å². The fraction of sp³-hybridized carbons (Fsp3) is 0.200. The van der Waals surface area contributed by atoms with Crippen LogP contribution in [0.15, 0.2) is 0 Å². The summed E-state index contributed by atoms with van der Waals surface area (Å²) in [5.41, 5.74) is 10.9. The Hall–Kier alpha value is -0.790. The molecule has 1 rings (SSSR count). The van der Waals surface area contributed by atoms with Crippen LogP contribution in [0.5, 0.6) is 0 Å². The summed E-state index contributed by atoms with van der Waals surface area (Å²) in [6.07, 6.45) is 0. The van der Waals surface area contributed by atoms with Gasteiger partial charge in [-0.05, 0) is 22.6 Å². The number of hydrogen-bond donors (Lipinski definition) is 2. The van der Waals surface area contributed by atoms with E-state index in [4.69, 9.17) is 11.5 Å². The Bertz CT molecular complexity index is 306. The van der Waals surface area contributed by atoms with Crippen LogP contribution < -0.4 is 11.5 Å². The monoisotopic (exact) mass is 266 g/mol. The standard InChI is InChI=1S/C5H7IN4O/c1-10-3(5(8)11)2(6)4(7)9-10/h1H3,(H2,7,9)(H2,8,11). The molecule has 1 heterocycles. The molecule has 0 aliphatic rings. The minimum absolute atomic E-state index is 0.335. The van der Waals surface area contributed by atoms with Gasteiger partial charge in [0.2, 0.25) is 0 Å². The first-order chi connectivity index (χ1) is 5.04. The number of anilines is 1. The summed E-state index contributed by atoms with van der Waals surface area (Å²) in [7, 11) is 1.62. The van der Waals surface area contributed by atoms with Gasteiger partial charge in [-0.25, -0.2) is 0 Å². The molecule has 0 atom stereocenters. The van der Waals surface area contributed by atoms with E-state index in [-0.39, 0.29) is 0 Å². The van der Waals surface area contributed by atoms with E-state index in [0.29, 0.717) is 15.1 Å². The maximum atomic E-state index is 10.8. The normalized spacial score (nSPS) is 10.0. The molecule has 5 nitrogen and oxygen atoms in total. The number of rotatable bonds is 1. The van der Waals surface area contributed by atoms with Crippen LogP contribution in [0, 0.1) is 3.57 Å². The molecular weight excluding hydrogens is 259 g/mol. The van der Waals surface area contributed by atoms with Crippen LogP contribution >= 0.6 is 22.6 Å². The van der Waals surface area contributed by atoms with Gasteiger partial charge >= 0.3 is 0 Å². The SMILES string of the molecule is Cn1nc(N)c(I)c1C(N)=O. The minimum atomic E-state index is -0.513. The third kappa shape index (κ3) is 1.30. The number of nitrogens with two attached hydrogens (primary N) is 2. The maximum absolute atomic E-state index is 10.8. The van der Waals surface area contributed by atoms with Gasteiger partial charge in [0.1, 0.15) is 5.69 Å². The van der Waals surface area contributed by atoms with Crippen molar-refractivity contribution in [3.63, 3.8) is 0 Å². The third-order valence-corrected chi connectivity index (χ3v) is 2.31. The quantitative estimate of drug-likeness (QED) is 0.684. The number of aromatic nitrogens is 2. The molecule has 0 aliphatic carbocycles. The molecular formula is C5H7IN4O. The zero-order valence-corrected chi connectivity index (χ0v) is 7.99. The van der Waals surface area contributed by atoms with E-state index < -0.39 is 5.91 Å². The molecule has 0 spiro atoms. The van der Waals surface area contributed by atoms with Crippen LogP contribution in [0.25, 0.3) is 0 Å². The van der Waals surface area contributed by atoms with Crippen molar-refractivity contribution in [2.75, 3.05) is 5.73 Å². The molecule has 4 N–H and O–H groups in total. The number of aryl methyl sites for hydroxylation is 1. The maximum Gasteiger partial charge on any atom is 0.268 e. The summed E-state index contributed by atoms with van der Waals surface area (Å²) in [5.74, 6) is -0.178. The van der Waals surface area contributed by atoms with E-state index in [2.05, 4.69) is 5.10 Å². The topological polar surface area (TPSA) is 86.9 Å². The van der Waals surface area contributed by atoms with Gasteiger partial charge in [0, 0.05) is 7.05 Å². The van der Waals surface area contributed by atoms with Gasteiger partial charge in [-0.1, -0.05) is 0 Å². The smallest absolute Gasteiger partial charge is 0.268 e. The van der Waals surface area contributed by atoms with Crippen molar-refractivity contribution in [1.82, 2.24) is 9.78 Å². The van der Waals surface area contributed by atoms with Crippen LogP contribution in [-0.4, -0.2) is 15.7 Å². The lowest BCUT2D eigenvalue weighted by molar-refractivity contribution is 0.0990. The molecule has 11 heavy (non-hydrogen) atoms. The first kappa shape index (κ1) is 8.31. The molecule has 1 aromatic rings. The Morgan fingerprint density at radius 3 is 2.45 bits per heavy atom. The van der Waals surface area contributed by atoms with Crippen LogP contribution in [0.2, 0.25) is 0 Å². The lowest BCUT2D eigenvalue weighted by atomic mass is 10.4. The van der Waals surface area contributed by atoms with Crippen molar-refractivity contribution in [3.05, 3.63) is 9.26 Å². The number of nitrogen functional groups attached to an aromatic ring is 1. The molecule has 0 saturated carbocycles. The van der Waals surface area contributed by atoms with Crippen LogP contribution in [0.1, 0.15) is 10.5 Å². The molecule has 0 fully saturated rings. The first-order valence-electron chi connectivity index (χ1n) is 2.81. The van der Waals surface area contributed by atoms with Crippen molar-refractivity contribution < 1.29 is 4.79 Å². The average molecular weight is 266 g/mol. The fourth-order valence-corrected chi connectivity index (χ4v) is 1.51. The van der Waals surface area contributed by atoms with Crippen molar-refractivity contribution in [1.29, 1.82) is 0 Å². The Balaban J connectivity index is 3.34. The molecule has 1 amide bonds. The summed E-state index contributed by atoms with van der Waals surface area (Å²) < 4.78 is 1.98. The van der Waals surface area contributed by atoms with Gasteiger partial charge in [-0.3, -0.25) is 9.48 Å². The summed E-state index contributed by atoms with van der Waals surface area (Å²) in [5, 5.41) is 3.82. The Kier molecular flexibility index (Phi) is 2.03. The predicted molar refractivity (Wildman–Crippen MR) is 48.9 cm³/mol. The van der Waals surface area contributed by atoms with Crippen molar-refractivity contribution >= 4 is 34.3 Å². The number of nitrogens with zero attached hydrogens (tertiary/aromatic N) is 2. The lowest BCUT2D eigenvalue weighted by Crippen LogP contribution is -2.16. The minimum Gasteiger partial charge on any atom is -0.381 e. The van der Waals surface area contributed by atoms with Gasteiger partial charge in [0.15, 0.2) is 5.82 Å². The highest BCUT2D eigenvalue weighted by Gasteiger charge is 2.15. The number of carbonyl (C=O) groups excluding carboxylic acids is 1. The summed E-state index contributed by atoms with van der Waals surface area (Å²) in [6, 6.07) is 0. The largest absolute Gasteiger partial charge is 0.381 e. The highest BCUT2D eigenvalue weighted by atomic mass is 127.